The molecule has 0 saturated heterocycles. The van der Waals surface area contributed by atoms with E-state index in [0.717, 1.165) is 30.6 Å². The molecule has 2 aromatic heterocycles. The molecule has 25 heavy (non-hydrogen) atoms. The Morgan fingerprint density at radius 1 is 1.20 bits per heavy atom. The Kier molecular flexibility index (Phi) is 7.21. The smallest absolute Gasteiger partial charge is 0.348 e. The van der Waals surface area contributed by atoms with Crippen molar-refractivity contribution in [2.24, 2.45) is 0 Å². The van der Waals surface area contributed by atoms with Crippen LogP contribution in [0.5, 0.6) is 0 Å². The summed E-state index contributed by atoms with van der Waals surface area (Å²) in [5.41, 5.74) is 0. The topological polar surface area (TPSA) is 97.6 Å². The van der Waals surface area contributed by atoms with Gasteiger partial charge < -0.3 is 19.8 Å². The van der Waals surface area contributed by atoms with Crippen LogP contribution in [0.15, 0.2) is 34.9 Å². The Hall–Kier alpha value is -2.61. The van der Waals surface area contributed by atoms with Crippen molar-refractivity contribution in [1.82, 2.24) is 5.32 Å². The molecule has 7 nitrogen and oxygen atoms in total. The summed E-state index contributed by atoms with van der Waals surface area (Å²) >= 11 is 1.06. The maximum atomic E-state index is 11.9. The molecule has 2 heterocycles. The summed E-state index contributed by atoms with van der Waals surface area (Å²) in [6, 6.07) is 6.27. The SMILES string of the molecule is CCCCCNC(=O)COC(=O)c1ccc(NC(=O)c2ccco2)s1. The standard InChI is InChI=1S/C17H20N2O5S/c1-2-3-4-9-18-14(20)11-24-17(22)13-7-8-15(25-13)19-16(21)12-6-5-10-23-12/h5-8,10H,2-4,9,11H2,1H3,(H,18,20)(H,19,21). The van der Waals surface area contributed by atoms with Gasteiger partial charge in [0.25, 0.3) is 11.8 Å². The van der Waals surface area contributed by atoms with Crippen molar-refractivity contribution in [1.29, 1.82) is 0 Å². The number of anilines is 1. The van der Waals surface area contributed by atoms with E-state index in [-0.39, 0.29) is 18.3 Å². The van der Waals surface area contributed by atoms with Crippen molar-refractivity contribution in [3.8, 4) is 0 Å². The van der Waals surface area contributed by atoms with E-state index in [4.69, 9.17) is 9.15 Å². The molecule has 2 aromatic rings. The average Bonchev–Trinajstić information content (AvgIpc) is 3.28. The van der Waals surface area contributed by atoms with Gasteiger partial charge in [0.05, 0.1) is 11.3 Å². The van der Waals surface area contributed by atoms with Gasteiger partial charge >= 0.3 is 5.97 Å². The molecular formula is C17H20N2O5S. The first-order chi connectivity index (χ1) is 12.1. The fourth-order valence-corrected chi connectivity index (χ4v) is 2.75. The minimum absolute atomic E-state index is 0.178. The molecule has 0 radical (unpaired) electrons. The van der Waals surface area contributed by atoms with Crippen molar-refractivity contribution >= 4 is 34.1 Å². The molecule has 0 bridgehead atoms. The van der Waals surface area contributed by atoms with Gasteiger partial charge in [-0.2, -0.15) is 0 Å². The van der Waals surface area contributed by atoms with Crippen molar-refractivity contribution in [2.45, 2.75) is 26.2 Å². The number of carbonyl (C=O) groups is 3. The second kappa shape index (κ2) is 9.63. The third-order valence-electron chi connectivity index (χ3n) is 3.23. The lowest BCUT2D eigenvalue weighted by Crippen LogP contribution is -2.29. The van der Waals surface area contributed by atoms with E-state index in [2.05, 4.69) is 17.6 Å². The van der Waals surface area contributed by atoms with Crippen LogP contribution in [0.25, 0.3) is 0 Å². The Labute approximate surface area is 149 Å². The summed E-state index contributed by atoms with van der Waals surface area (Å²) in [5.74, 6) is -1.16. The normalized spacial score (nSPS) is 10.3. The molecule has 134 valence electrons. The van der Waals surface area contributed by atoms with Crippen LogP contribution < -0.4 is 10.6 Å². The van der Waals surface area contributed by atoms with Gasteiger partial charge in [-0.25, -0.2) is 4.79 Å². The van der Waals surface area contributed by atoms with Gasteiger partial charge in [0, 0.05) is 6.54 Å². The first kappa shape index (κ1) is 18.7. The van der Waals surface area contributed by atoms with Crippen molar-refractivity contribution in [3.05, 3.63) is 41.2 Å². The number of hydrogen-bond acceptors (Lipinski definition) is 6. The lowest BCUT2D eigenvalue weighted by Gasteiger charge is -2.05. The minimum Gasteiger partial charge on any atom is -0.459 e. The summed E-state index contributed by atoms with van der Waals surface area (Å²) in [7, 11) is 0. The van der Waals surface area contributed by atoms with Crippen LogP contribution in [0, 0.1) is 0 Å². The second-order valence-electron chi connectivity index (χ2n) is 5.23. The van der Waals surface area contributed by atoms with Crippen LogP contribution >= 0.6 is 11.3 Å². The molecule has 8 heteroatoms. The van der Waals surface area contributed by atoms with Crippen molar-refractivity contribution < 1.29 is 23.5 Å². The van der Waals surface area contributed by atoms with E-state index in [0.29, 0.717) is 16.4 Å². The van der Waals surface area contributed by atoms with Gasteiger partial charge in [-0.05, 0) is 30.7 Å². The Bertz CT molecular complexity index is 708. The molecule has 0 unspecified atom stereocenters. The Morgan fingerprint density at radius 3 is 2.76 bits per heavy atom. The highest BCUT2D eigenvalue weighted by molar-refractivity contribution is 7.18. The fourth-order valence-electron chi connectivity index (χ4n) is 1.95. The second-order valence-corrected chi connectivity index (χ2v) is 6.31. The summed E-state index contributed by atoms with van der Waals surface area (Å²) in [4.78, 5) is 35.7. The van der Waals surface area contributed by atoms with Crippen molar-refractivity contribution in [3.63, 3.8) is 0 Å². The van der Waals surface area contributed by atoms with Crippen LogP contribution in [0.1, 0.15) is 46.4 Å². The first-order valence-corrected chi connectivity index (χ1v) is 8.80. The van der Waals surface area contributed by atoms with Gasteiger partial charge in [-0.15, -0.1) is 11.3 Å². The predicted molar refractivity (Wildman–Crippen MR) is 93.8 cm³/mol. The number of thiophene rings is 1. The molecule has 2 N–H and O–H groups in total. The quantitative estimate of drug-likeness (QED) is 0.526. The van der Waals surface area contributed by atoms with Gasteiger partial charge in [0.2, 0.25) is 0 Å². The van der Waals surface area contributed by atoms with Gasteiger partial charge in [-0.3, -0.25) is 9.59 Å². The maximum absolute atomic E-state index is 11.9. The summed E-state index contributed by atoms with van der Waals surface area (Å²) in [6.45, 7) is 2.33. The number of hydrogen-bond donors (Lipinski definition) is 2. The highest BCUT2D eigenvalue weighted by Crippen LogP contribution is 2.23. The number of furan rings is 1. The zero-order valence-corrected chi connectivity index (χ0v) is 14.7. The van der Waals surface area contributed by atoms with Crippen LogP contribution in [0.2, 0.25) is 0 Å². The number of esters is 1. The summed E-state index contributed by atoms with van der Waals surface area (Å²) < 4.78 is 9.96. The number of nitrogens with one attached hydrogen (secondary N) is 2. The highest BCUT2D eigenvalue weighted by atomic mass is 32.1. The van der Waals surface area contributed by atoms with Crippen LogP contribution in [-0.4, -0.2) is 30.9 Å². The third-order valence-corrected chi connectivity index (χ3v) is 4.21. The Morgan fingerprint density at radius 2 is 2.04 bits per heavy atom. The lowest BCUT2D eigenvalue weighted by atomic mass is 10.2. The average molecular weight is 364 g/mol. The zero-order chi connectivity index (χ0) is 18.1. The Balaban J connectivity index is 1.76. The number of unbranched alkanes of at least 4 members (excludes halogenated alkanes) is 2. The van der Waals surface area contributed by atoms with Crippen LogP contribution in [-0.2, 0) is 9.53 Å². The minimum atomic E-state index is -0.604. The summed E-state index contributed by atoms with van der Waals surface area (Å²) in [6.07, 6.45) is 4.42. The van der Waals surface area contributed by atoms with E-state index in [1.54, 1.807) is 12.1 Å². The molecule has 0 atom stereocenters. The molecule has 0 aliphatic carbocycles. The van der Waals surface area contributed by atoms with E-state index in [9.17, 15) is 14.4 Å². The van der Waals surface area contributed by atoms with Gasteiger partial charge in [0.15, 0.2) is 12.4 Å². The molecule has 0 aromatic carbocycles. The van der Waals surface area contributed by atoms with E-state index >= 15 is 0 Å². The molecular weight excluding hydrogens is 344 g/mol. The van der Waals surface area contributed by atoms with Crippen molar-refractivity contribution in [2.75, 3.05) is 18.5 Å². The lowest BCUT2D eigenvalue weighted by molar-refractivity contribution is -0.124. The van der Waals surface area contributed by atoms with E-state index in [1.807, 2.05) is 0 Å². The molecule has 2 amide bonds. The number of ether oxygens (including phenoxy) is 1. The zero-order valence-electron chi connectivity index (χ0n) is 13.9. The molecule has 0 saturated carbocycles. The maximum Gasteiger partial charge on any atom is 0.348 e. The summed E-state index contributed by atoms with van der Waals surface area (Å²) in [5, 5.41) is 5.80. The van der Waals surface area contributed by atoms with E-state index in [1.165, 1.54) is 18.4 Å². The predicted octanol–water partition coefficient (Wildman–Crippen LogP) is 3.06. The fraction of sp³-hybridized carbons (Fsp3) is 0.353. The molecule has 0 spiro atoms. The highest BCUT2D eigenvalue weighted by Gasteiger charge is 2.15. The number of amides is 2. The largest absolute Gasteiger partial charge is 0.459 e. The van der Waals surface area contributed by atoms with Crippen LogP contribution in [0.4, 0.5) is 5.00 Å². The monoisotopic (exact) mass is 364 g/mol. The molecule has 0 aliphatic rings. The van der Waals surface area contributed by atoms with Gasteiger partial charge in [0.1, 0.15) is 4.88 Å². The molecule has 2 rings (SSSR count). The third kappa shape index (κ3) is 6.07. The van der Waals surface area contributed by atoms with E-state index < -0.39 is 11.9 Å². The van der Waals surface area contributed by atoms with Crippen LogP contribution in [0.3, 0.4) is 0 Å². The molecule has 0 fully saturated rings. The number of rotatable bonds is 9. The first-order valence-electron chi connectivity index (χ1n) is 7.98. The van der Waals surface area contributed by atoms with Gasteiger partial charge in [-0.1, -0.05) is 19.8 Å². The molecule has 0 aliphatic heterocycles. The number of carbonyl (C=O) groups excluding carboxylic acids is 3.